The van der Waals surface area contributed by atoms with E-state index in [-0.39, 0.29) is 5.91 Å². The molecule has 1 fully saturated rings. The lowest BCUT2D eigenvalue weighted by Gasteiger charge is -2.28. The summed E-state index contributed by atoms with van der Waals surface area (Å²) in [5.74, 6) is 1.31. The van der Waals surface area contributed by atoms with Crippen LogP contribution in [-0.4, -0.2) is 53.0 Å². The number of anilines is 1. The predicted octanol–water partition coefficient (Wildman–Crippen LogP) is 2.83. The molecule has 1 aliphatic heterocycles. The molecule has 3 rings (SSSR count). The third-order valence-electron chi connectivity index (χ3n) is 5.09. The summed E-state index contributed by atoms with van der Waals surface area (Å²) in [6, 6.07) is 14.3. The standard InChI is InChI=1S/C23H30N2O4/c1-27-21-10-7-19(16-22(21)28-2)17-23(26)24-11-3-4-18-5-8-20(9-6-18)25-12-14-29-15-13-25/h5-10,16H,3-4,11-15,17H2,1-2H3,(H,24,26). The van der Waals surface area contributed by atoms with Gasteiger partial charge in [0.15, 0.2) is 11.5 Å². The Labute approximate surface area is 172 Å². The van der Waals surface area contributed by atoms with Crippen LogP contribution in [0.15, 0.2) is 42.5 Å². The Morgan fingerprint density at radius 3 is 2.38 bits per heavy atom. The van der Waals surface area contributed by atoms with Crippen molar-refractivity contribution in [3.8, 4) is 11.5 Å². The number of morpholine rings is 1. The first kappa shape index (κ1) is 21.0. The molecule has 1 saturated heterocycles. The van der Waals surface area contributed by atoms with Crippen molar-refractivity contribution in [3.63, 3.8) is 0 Å². The summed E-state index contributed by atoms with van der Waals surface area (Å²) in [6.07, 6.45) is 2.18. The lowest BCUT2D eigenvalue weighted by Crippen LogP contribution is -2.36. The number of nitrogens with zero attached hydrogens (tertiary/aromatic N) is 1. The van der Waals surface area contributed by atoms with Gasteiger partial charge in [-0.15, -0.1) is 0 Å². The number of carbonyl (C=O) groups is 1. The van der Waals surface area contributed by atoms with Crippen LogP contribution >= 0.6 is 0 Å². The average Bonchev–Trinajstić information content (AvgIpc) is 2.77. The van der Waals surface area contributed by atoms with E-state index in [0.29, 0.717) is 24.5 Å². The smallest absolute Gasteiger partial charge is 0.224 e. The molecule has 0 spiro atoms. The maximum atomic E-state index is 12.2. The third kappa shape index (κ3) is 6.12. The topological polar surface area (TPSA) is 60.0 Å². The highest BCUT2D eigenvalue weighted by Crippen LogP contribution is 2.27. The van der Waals surface area contributed by atoms with Crippen LogP contribution in [0.4, 0.5) is 5.69 Å². The number of hydrogen-bond acceptors (Lipinski definition) is 5. The Morgan fingerprint density at radius 2 is 1.69 bits per heavy atom. The number of carbonyl (C=O) groups excluding carboxylic acids is 1. The molecule has 1 heterocycles. The minimum Gasteiger partial charge on any atom is -0.493 e. The van der Waals surface area contributed by atoms with Crippen molar-refractivity contribution in [2.24, 2.45) is 0 Å². The first-order valence-electron chi connectivity index (χ1n) is 10.1. The van der Waals surface area contributed by atoms with Crippen LogP contribution in [0.25, 0.3) is 0 Å². The summed E-state index contributed by atoms with van der Waals surface area (Å²) in [5.41, 5.74) is 3.44. The van der Waals surface area contributed by atoms with Gasteiger partial charge in [0.25, 0.3) is 0 Å². The lowest BCUT2D eigenvalue weighted by atomic mass is 10.1. The van der Waals surface area contributed by atoms with Gasteiger partial charge < -0.3 is 24.4 Å². The SMILES string of the molecule is COc1ccc(CC(=O)NCCCc2ccc(N3CCOCC3)cc2)cc1OC. The van der Waals surface area contributed by atoms with E-state index in [1.807, 2.05) is 18.2 Å². The number of methoxy groups -OCH3 is 2. The van der Waals surface area contributed by atoms with E-state index in [9.17, 15) is 4.79 Å². The molecule has 0 atom stereocenters. The van der Waals surface area contributed by atoms with Gasteiger partial charge in [-0.3, -0.25) is 4.79 Å². The van der Waals surface area contributed by atoms with E-state index in [2.05, 4.69) is 34.5 Å². The molecule has 1 aliphatic rings. The zero-order chi connectivity index (χ0) is 20.5. The molecule has 6 heteroatoms. The fraction of sp³-hybridized carbons (Fsp3) is 0.435. The summed E-state index contributed by atoms with van der Waals surface area (Å²) >= 11 is 0. The van der Waals surface area contributed by atoms with Crippen molar-refractivity contribution in [2.45, 2.75) is 19.3 Å². The van der Waals surface area contributed by atoms with Crippen LogP contribution < -0.4 is 19.7 Å². The van der Waals surface area contributed by atoms with E-state index >= 15 is 0 Å². The number of aryl methyl sites for hydroxylation is 1. The van der Waals surface area contributed by atoms with Crippen LogP contribution in [0.5, 0.6) is 11.5 Å². The Morgan fingerprint density at radius 1 is 1.00 bits per heavy atom. The molecule has 0 aromatic heterocycles. The number of amides is 1. The van der Waals surface area contributed by atoms with Crippen molar-refractivity contribution < 1.29 is 19.0 Å². The van der Waals surface area contributed by atoms with Crippen molar-refractivity contribution in [1.82, 2.24) is 5.32 Å². The quantitative estimate of drug-likeness (QED) is 0.658. The fourth-order valence-electron chi connectivity index (χ4n) is 3.45. The molecule has 0 saturated carbocycles. The second-order valence-electron chi connectivity index (χ2n) is 7.09. The fourth-order valence-corrected chi connectivity index (χ4v) is 3.45. The molecule has 2 aromatic carbocycles. The highest BCUT2D eigenvalue weighted by atomic mass is 16.5. The molecule has 156 valence electrons. The summed E-state index contributed by atoms with van der Waals surface area (Å²) in [5, 5.41) is 3.00. The molecule has 0 aliphatic carbocycles. The van der Waals surface area contributed by atoms with Crippen LogP contribution in [-0.2, 0) is 22.4 Å². The molecule has 6 nitrogen and oxygen atoms in total. The van der Waals surface area contributed by atoms with E-state index in [1.54, 1.807) is 14.2 Å². The normalized spacial score (nSPS) is 13.8. The first-order chi connectivity index (χ1) is 14.2. The molecule has 0 radical (unpaired) electrons. The van der Waals surface area contributed by atoms with Gasteiger partial charge in [-0.05, 0) is 48.2 Å². The molecule has 0 bridgehead atoms. The number of rotatable bonds is 9. The monoisotopic (exact) mass is 398 g/mol. The Kier molecular flexibility index (Phi) is 7.76. The summed E-state index contributed by atoms with van der Waals surface area (Å²) in [7, 11) is 3.19. The highest BCUT2D eigenvalue weighted by Gasteiger charge is 2.11. The summed E-state index contributed by atoms with van der Waals surface area (Å²) in [4.78, 5) is 14.5. The average molecular weight is 399 g/mol. The highest BCUT2D eigenvalue weighted by molar-refractivity contribution is 5.78. The van der Waals surface area contributed by atoms with Crippen LogP contribution in [0, 0.1) is 0 Å². The lowest BCUT2D eigenvalue weighted by molar-refractivity contribution is -0.120. The predicted molar refractivity (Wildman–Crippen MR) is 114 cm³/mol. The number of ether oxygens (including phenoxy) is 3. The van der Waals surface area contributed by atoms with Gasteiger partial charge in [0.1, 0.15) is 0 Å². The zero-order valence-corrected chi connectivity index (χ0v) is 17.3. The minimum atomic E-state index is 0.0138. The van der Waals surface area contributed by atoms with E-state index in [1.165, 1.54) is 11.3 Å². The van der Waals surface area contributed by atoms with Crippen molar-refractivity contribution in [3.05, 3.63) is 53.6 Å². The van der Waals surface area contributed by atoms with Crippen molar-refractivity contribution in [2.75, 3.05) is 52.0 Å². The van der Waals surface area contributed by atoms with Crippen LogP contribution in [0.3, 0.4) is 0 Å². The van der Waals surface area contributed by atoms with Gasteiger partial charge in [0.05, 0.1) is 33.9 Å². The van der Waals surface area contributed by atoms with Crippen molar-refractivity contribution >= 4 is 11.6 Å². The minimum absolute atomic E-state index is 0.0138. The molecular weight excluding hydrogens is 368 g/mol. The van der Waals surface area contributed by atoms with Gasteiger partial charge >= 0.3 is 0 Å². The number of nitrogens with one attached hydrogen (secondary N) is 1. The Balaban J connectivity index is 1.39. The largest absolute Gasteiger partial charge is 0.493 e. The summed E-state index contributed by atoms with van der Waals surface area (Å²) < 4.78 is 15.9. The van der Waals surface area contributed by atoms with Gasteiger partial charge in [-0.1, -0.05) is 18.2 Å². The number of benzene rings is 2. The molecule has 29 heavy (non-hydrogen) atoms. The van der Waals surface area contributed by atoms with Crippen LogP contribution in [0.2, 0.25) is 0 Å². The van der Waals surface area contributed by atoms with Gasteiger partial charge in [-0.2, -0.15) is 0 Å². The molecule has 0 unspecified atom stereocenters. The van der Waals surface area contributed by atoms with Gasteiger partial charge in [-0.25, -0.2) is 0 Å². The van der Waals surface area contributed by atoms with Crippen molar-refractivity contribution in [1.29, 1.82) is 0 Å². The second-order valence-corrected chi connectivity index (χ2v) is 7.09. The van der Waals surface area contributed by atoms with Gasteiger partial charge in [0.2, 0.25) is 5.91 Å². The van der Waals surface area contributed by atoms with Crippen LogP contribution in [0.1, 0.15) is 17.5 Å². The molecule has 2 aromatic rings. The summed E-state index contributed by atoms with van der Waals surface area (Å²) in [6.45, 7) is 4.16. The maximum absolute atomic E-state index is 12.2. The Bertz CT molecular complexity index is 786. The third-order valence-corrected chi connectivity index (χ3v) is 5.09. The zero-order valence-electron chi connectivity index (χ0n) is 17.3. The van der Waals surface area contributed by atoms with E-state index < -0.39 is 0 Å². The second kappa shape index (κ2) is 10.7. The Hall–Kier alpha value is -2.73. The maximum Gasteiger partial charge on any atom is 0.224 e. The van der Waals surface area contributed by atoms with E-state index in [0.717, 1.165) is 44.7 Å². The van der Waals surface area contributed by atoms with E-state index in [4.69, 9.17) is 14.2 Å². The molecular formula is C23H30N2O4. The molecule has 1 amide bonds. The first-order valence-corrected chi connectivity index (χ1v) is 10.1. The number of hydrogen-bond donors (Lipinski definition) is 1. The van der Waals surface area contributed by atoms with Gasteiger partial charge in [0, 0.05) is 25.3 Å². The molecule has 1 N–H and O–H groups in total.